The van der Waals surface area contributed by atoms with Gasteiger partial charge in [0, 0.05) is 91.3 Å². The van der Waals surface area contributed by atoms with Crippen LogP contribution in [0.25, 0.3) is 142 Å². The van der Waals surface area contributed by atoms with Crippen molar-refractivity contribution >= 4 is 97.1 Å². The van der Waals surface area contributed by atoms with Crippen molar-refractivity contribution in [2.24, 2.45) is 0 Å². The van der Waals surface area contributed by atoms with Crippen LogP contribution < -0.4 is 0 Å². The van der Waals surface area contributed by atoms with Crippen LogP contribution in [0.2, 0.25) is 0 Å². The van der Waals surface area contributed by atoms with E-state index in [1.807, 2.05) is 54.6 Å². The number of hydrogen-bond donors (Lipinski definition) is 0. The molecule has 0 bridgehead atoms. The van der Waals surface area contributed by atoms with Crippen LogP contribution in [0.5, 0.6) is 0 Å². The highest BCUT2D eigenvalue weighted by molar-refractivity contribution is 7.26. The maximum absolute atomic E-state index is 6.77. The summed E-state index contributed by atoms with van der Waals surface area (Å²) >= 11 is 1.77. The predicted octanol–water partition coefficient (Wildman–Crippen LogP) is 16.1. The van der Waals surface area contributed by atoms with Crippen molar-refractivity contribution in [3.05, 3.63) is 194 Å². The zero-order valence-electron chi connectivity index (χ0n) is 34.5. The molecule has 0 aliphatic rings. The number of aromatic nitrogens is 4. The van der Waals surface area contributed by atoms with Crippen molar-refractivity contribution < 1.29 is 8.83 Å². The Morgan fingerprint density at radius 3 is 1.83 bits per heavy atom. The van der Waals surface area contributed by atoms with Gasteiger partial charge in [0.05, 0.1) is 11.2 Å². The van der Waals surface area contributed by atoms with Gasteiger partial charge in [-0.05, 0) is 42.5 Å². The van der Waals surface area contributed by atoms with Gasteiger partial charge in [-0.3, -0.25) is 0 Å². The summed E-state index contributed by atoms with van der Waals surface area (Å²) in [4.78, 5) is 21.1. The van der Waals surface area contributed by atoms with Crippen molar-refractivity contribution in [2.45, 2.75) is 0 Å². The SMILES string of the molecule is c1ccc(-c2nc(-c3cccc(-c4nc5ccccc5c5c(-c6cccc7c6oc6ccccc67)c6c(cc45)oc4ccccc46)c3)nc(-c3cccc4c3sc3ccccc34)n2)cc1. The lowest BCUT2D eigenvalue weighted by Crippen LogP contribution is -2.00. The smallest absolute Gasteiger partial charge is 0.165 e. The van der Waals surface area contributed by atoms with E-state index in [1.165, 1.54) is 15.5 Å². The first-order chi connectivity index (χ1) is 32.2. The molecular formula is C58H32N4O2S. The lowest BCUT2D eigenvalue weighted by Gasteiger charge is -2.16. The van der Waals surface area contributed by atoms with Crippen LogP contribution in [0.1, 0.15) is 0 Å². The molecule has 14 rings (SSSR count). The molecule has 7 heteroatoms. The van der Waals surface area contributed by atoms with E-state index in [-0.39, 0.29) is 0 Å². The molecule has 302 valence electrons. The predicted molar refractivity (Wildman–Crippen MR) is 267 cm³/mol. The summed E-state index contributed by atoms with van der Waals surface area (Å²) in [6.07, 6.45) is 0. The van der Waals surface area contributed by atoms with Crippen LogP contribution in [0, 0.1) is 0 Å². The minimum absolute atomic E-state index is 0.579. The molecule has 14 aromatic rings. The minimum Gasteiger partial charge on any atom is -0.456 e. The number of thiophene rings is 1. The second-order valence-corrected chi connectivity index (χ2v) is 17.5. The van der Waals surface area contributed by atoms with Crippen LogP contribution in [-0.2, 0) is 0 Å². The third-order valence-corrected chi connectivity index (χ3v) is 13.9. The summed E-state index contributed by atoms with van der Waals surface area (Å²) in [6.45, 7) is 0. The molecule has 0 atom stereocenters. The van der Waals surface area contributed by atoms with Gasteiger partial charge in [0.25, 0.3) is 0 Å². The van der Waals surface area contributed by atoms with E-state index >= 15 is 0 Å². The molecule has 6 nitrogen and oxygen atoms in total. The van der Waals surface area contributed by atoms with E-state index < -0.39 is 0 Å². The van der Waals surface area contributed by atoms with E-state index in [2.05, 4.69) is 140 Å². The molecule has 0 spiro atoms. The van der Waals surface area contributed by atoms with Crippen LogP contribution in [-0.4, -0.2) is 19.9 Å². The number of hydrogen-bond acceptors (Lipinski definition) is 7. The normalized spacial score (nSPS) is 12.0. The van der Waals surface area contributed by atoms with Crippen LogP contribution in [0.3, 0.4) is 0 Å². The Balaban J connectivity index is 1.04. The third-order valence-electron chi connectivity index (χ3n) is 12.7. The quantitative estimate of drug-likeness (QED) is 0.161. The van der Waals surface area contributed by atoms with Gasteiger partial charge in [-0.2, -0.15) is 0 Å². The molecule has 0 saturated heterocycles. The van der Waals surface area contributed by atoms with E-state index in [4.69, 9.17) is 28.8 Å². The number of para-hydroxylation sites is 4. The zero-order chi connectivity index (χ0) is 42.6. The number of pyridine rings is 1. The Hall–Kier alpha value is -8.52. The Labute approximate surface area is 374 Å². The monoisotopic (exact) mass is 848 g/mol. The van der Waals surface area contributed by atoms with Gasteiger partial charge in [-0.25, -0.2) is 19.9 Å². The molecular weight excluding hydrogens is 817 g/mol. The number of benzene rings is 9. The highest BCUT2D eigenvalue weighted by atomic mass is 32.1. The highest BCUT2D eigenvalue weighted by Crippen LogP contribution is 2.49. The standard InChI is InChI=1S/C58H32N4O2S/c1-2-15-33(16-3-1)56-60-57(62-58(61-56)43-26-14-24-39-37-20-7-11-30-49(37)65-55(39)43)35-18-12-17-34(31-35)53-44-32-48-51(41-22-6-10-29-47(41)63-48)52(50(44)40-21-4-8-27-45(40)59-53)42-25-13-23-38-36-19-5-9-28-46(36)64-54(38)42/h1-32H. The van der Waals surface area contributed by atoms with Crippen LogP contribution >= 0.6 is 11.3 Å². The molecule has 0 aliphatic heterocycles. The third kappa shape index (κ3) is 5.52. The van der Waals surface area contributed by atoms with E-state index in [0.29, 0.717) is 17.5 Å². The Morgan fingerprint density at radius 2 is 0.969 bits per heavy atom. The molecule has 0 unspecified atom stereocenters. The Kier molecular flexibility index (Phi) is 7.75. The Morgan fingerprint density at radius 1 is 0.354 bits per heavy atom. The van der Waals surface area contributed by atoms with E-state index in [1.54, 1.807) is 11.3 Å². The van der Waals surface area contributed by atoms with Gasteiger partial charge in [0.15, 0.2) is 17.5 Å². The highest BCUT2D eigenvalue weighted by Gasteiger charge is 2.25. The summed E-state index contributed by atoms with van der Waals surface area (Å²) < 4.78 is 15.9. The first-order valence-corrected chi connectivity index (χ1v) is 22.4. The van der Waals surface area contributed by atoms with Gasteiger partial charge >= 0.3 is 0 Å². The van der Waals surface area contributed by atoms with Gasteiger partial charge in [0.2, 0.25) is 0 Å². The summed E-state index contributed by atoms with van der Waals surface area (Å²) in [5.41, 5.74) is 10.7. The molecule has 5 heterocycles. The number of rotatable bonds is 5. The molecule has 5 aromatic heterocycles. The van der Waals surface area contributed by atoms with Gasteiger partial charge in [0.1, 0.15) is 22.3 Å². The van der Waals surface area contributed by atoms with E-state index in [0.717, 1.165) is 109 Å². The lowest BCUT2D eigenvalue weighted by atomic mass is 9.88. The van der Waals surface area contributed by atoms with Gasteiger partial charge in [-0.15, -0.1) is 11.3 Å². The second-order valence-electron chi connectivity index (χ2n) is 16.4. The number of fused-ring (bicyclic) bond motifs is 12. The first-order valence-electron chi connectivity index (χ1n) is 21.6. The average Bonchev–Trinajstić information content (AvgIpc) is 4.07. The van der Waals surface area contributed by atoms with Gasteiger partial charge in [-0.1, -0.05) is 152 Å². The van der Waals surface area contributed by atoms with Crippen molar-refractivity contribution in [3.8, 4) is 56.5 Å². The largest absolute Gasteiger partial charge is 0.456 e. The molecule has 0 radical (unpaired) electrons. The van der Waals surface area contributed by atoms with E-state index in [9.17, 15) is 0 Å². The molecule has 0 fully saturated rings. The summed E-state index contributed by atoms with van der Waals surface area (Å²) in [5, 5.41) is 9.74. The van der Waals surface area contributed by atoms with Crippen LogP contribution in [0.4, 0.5) is 0 Å². The Bertz CT molecular complexity index is 4260. The second kappa shape index (κ2) is 14.0. The maximum Gasteiger partial charge on any atom is 0.165 e. The summed E-state index contributed by atoms with van der Waals surface area (Å²) in [5.74, 6) is 1.82. The first kappa shape index (κ1) is 36.0. The number of furan rings is 2. The molecule has 65 heavy (non-hydrogen) atoms. The maximum atomic E-state index is 6.77. The van der Waals surface area contributed by atoms with Crippen molar-refractivity contribution in [2.75, 3.05) is 0 Å². The molecule has 0 aliphatic carbocycles. The van der Waals surface area contributed by atoms with Crippen molar-refractivity contribution in [3.63, 3.8) is 0 Å². The van der Waals surface area contributed by atoms with Crippen molar-refractivity contribution in [1.82, 2.24) is 19.9 Å². The fraction of sp³-hybridized carbons (Fsp3) is 0. The fourth-order valence-corrected chi connectivity index (χ4v) is 11.0. The molecule has 0 N–H and O–H groups in total. The summed E-state index contributed by atoms with van der Waals surface area (Å²) in [6, 6.07) is 67.1. The molecule has 0 amide bonds. The van der Waals surface area contributed by atoms with Crippen LogP contribution in [0.15, 0.2) is 203 Å². The van der Waals surface area contributed by atoms with Crippen molar-refractivity contribution in [1.29, 1.82) is 0 Å². The lowest BCUT2D eigenvalue weighted by molar-refractivity contribution is 0.669. The van der Waals surface area contributed by atoms with Gasteiger partial charge < -0.3 is 8.83 Å². The number of nitrogens with zero attached hydrogens (tertiary/aromatic N) is 4. The molecule has 0 saturated carbocycles. The fourth-order valence-electron chi connectivity index (χ4n) is 9.82. The average molecular weight is 849 g/mol. The summed E-state index contributed by atoms with van der Waals surface area (Å²) in [7, 11) is 0. The molecule has 9 aromatic carbocycles. The zero-order valence-corrected chi connectivity index (χ0v) is 35.3. The topological polar surface area (TPSA) is 77.8 Å². The minimum atomic E-state index is 0.579.